The third-order valence-corrected chi connectivity index (χ3v) is 18.4. The van der Waals surface area contributed by atoms with E-state index in [1.54, 1.807) is 0 Å². The molecule has 6 aliphatic rings. The van der Waals surface area contributed by atoms with Crippen molar-refractivity contribution in [3.05, 3.63) is 99.9 Å². The molecule has 2 N–H and O–H groups in total. The van der Waals surface area contributed by atoms with E-state index in [-0.39, 0.29) is 48.3 Å². The topological polar surface area (TPSA) is 90.4 Å². The molecule has 2 bridgehead atoms. The minimum atomic E-state index is -0.726. The number of nitrogens with one attached hydrogen (secondary N) is 2. The van der Waals surface area contributed by atoms with Gasteiger partial charge >= 0.3 is 0 Å². The number of carbonyl (C=O) groups is 1. The first-order valence-electron chi connectivity index (χ1n) is 25.4. The summed E-state index contributed by atoms with van der Waals surface area (Å²) in [5, 5.41) is 9.93. The van der Waals surface area contributed by atoms with Crippen LogP contribution in [0.15, 0.2) is 72.9 Å². The Hall–Kier alpha value is -3.36. The number of halogens is 2. The van der Waals surface area contributed by atoms with Crippen molar-refractivity contribution in [3.8, 4) is 22.8 Å². The van der Waals surface area contributed by atoms with Gasteiger partial charge in [-0.3, -0.25) is 19.5 Å². The number of likely N-dealkylation sites (tertiary alicyclic amines) is 2. The fourth-order valence-electron chi connectivity index (χ4n) is 14.7. The van der Waals surface area contributed by atoms with Crippen molar-refractivity contribution >= 4 is 29.0 Å². The first kappa shape index (κ1) is 48.3. The van der Waals surface area contributed by atoms with Crippen LogP contribution in [-0.2, 0) is 36.1 Å². The molecule has 0 amide bonds. The maximum atomic E-state index is 17.2. The average molecular weight is 966 g/mol. The van der Waals surface area contributed by atoms with Gasteiger partial charge in [0.25, 0.3) is 0 Å². The fourth-order valence-corrected chi connectivity index (χ4v) is 15.0. The molecule has 13 heteroatoms. The van der Waals surface area contributed by atoms with E-state index in [1.165, 1.54) is 24.8 Å². The van der Waals surface area contributed by atoms with Crippen molar-refractivity contribution in [1.82, 2.24) is 39.8 Å². The van der Waals surface area contributed by atoms with E-state index < -0.39 is 10.8 Å². The van der Waals surface area contributed by atoms with Crippen molar-refractivity contribution in [3.63, 3.8) is 0 Å². The highest BCUT2D eigenvalue weighted by Gasteiger charge is 2.77. The zero-order valence-electron chi connectivity index (χ0n) is 41.7. The summed E-state index contributed by atoms with van der Waals surface area (Å²) < 4.78 is 15.2. The van der Waals surface area contributed by atoms with Crippen molar-refractivity contribution in [2.75, 3.05) is 48.5 Å². The Kier molecular flexibility index (Phi) is 13.5. The number of Topliss-reactive ketones (excluding diaryl/α,β-unsaturated/α-hetero) is 1. The van der Waals surface area contributed by atoms with Gasteiger partial charge in [0.1, 0.15) is 17.3 Å². The van der Waals surface area contributed by atoms with E-state index in [2.05, 4.69) is 121 Å². The van der Waals surface area contributed by atoms with E-state index in [9.17, 15) is 0 Å². The average Bonchev–Trinajstić information content (AvgIpc) is 3.88. The van der Waals surface area contributed by atoms with Gasteiger partial charge < -0.3 is 29.6 Å². The van der Waals surface area contributed by atoms with Gasteiger partial charge in [0.05, 0.1) is 35.9 Å². The molecule has 7 unspecified atom stereocenters. The Balaban J connectivity index is 1.06. The maximum Gasteiger partial charge on any atom is 0.153 e. The van der Waals surface area contributed by atoms with Gasteiger partial charge in [0, 0.05) is 103 Å². The molecule has 1 aromatic heterocycles. The number of aromatic nitrogens is 2. The Labute approximate surface area is 415 Å². The monoisotopic (exact) mass is 965 g/mol. The van der Waals surface area contributed by atoms with Crippen molar-refractivity contribution < 1.29 is 14.3 Å². The van der Waals surface area contributed by atoms with Crippen LogP contribution in [0.5, 0.6) is 11.5 Å². The highest BCUT2D eigenvalue weighted by molar-refractivity contribution is 6.31. The van der Waals surface area contributed by atoms with Gasteiger partial charge in [0.15, 0.2) is 5.78 Å². The van der Waals surface area contributed by atoms with E-state index in [0.717, 1.165) is 83.9 Å². The zero-order valence-corrected chi connectivity index (χ0v) is 43.2. The Morgan fingerprint density at radius 2 is 1.63 bits per heavy atom. The van der Waals surface area contributed by atoms with Crippen LogP contribution in [0.4, 0.5) is 0 Å². The number of rotatable bonds is 14. The predicted octanol–water partition coefficient (Wildman–Crippen LogP) is 8.56. The smallest absolute Gasteiger partial charge is 0.153 e. The summed E-state index contributed by atoms with van der Waals surface area (Å²) in [6.45, 7) is 9.96. The molecular weight excluding hydrogens is 892 g/mol. The van der Waals surface area contributed by atoms with Gasteiger partial charge in [-0.15, -0.1) is 0 Å². The van der Waals surface area contributed by atoms with E-state index in [0.29, 0.717) is 35.9 Å². The van der Waals surface area contributed by atoms with Crippen LogP contribution in [0.25, 0.3) is 11.3 Å². The van der Waals surface area contributed by atoms with Crippen molar-refractivity contribution in [2.45, 2.75) is 133 Å². The van der Waals surface area contributed by atoms with Crippen LogP contribution in [0.2, 0.25) is 10.0 Å². The van der Waals surface area contributed by atoms with Crippen molar-refractivity contribution in [2.24, 2.45) is 29.7 Å². The third-order valence-electron chi connectivity index (χ3n) is 17.9. The number of benzene rings is 3. The van der Waals surface area contributed by atoms with E-state index in [4.69, 9.17) is 37.7 Å². The summed E-state index contributed by atoms with van der Waals surface area (Å²) in [7, 11) is 12.7. The quantitative estimate of drug-likeness (QED) is 0.128. The molecule has 2 saturated carbocycles. The number of ether oxygens (including phenoxy) is 2. The predicted molar refractivity (Wildman–Crippen MR) is 272 cm³/mol. The van der Waals surface area contributed by atoms with Gasteiger partial charge in [-0.2, -0.15) is 0 Å². The molecule has 68 heavy (non-hydrogen) atoms. The van der Waals surface area contributed by atoms with Crippen molar-refractivity contribution in [1.29, 1.82) is 0 Å². The lowest BCUT2D eigenvalue weighted by Gasteiger charge is -2.57. The number of ketones is 1. The number of hydrogen-bond donors (Lipinski definition) is 2. The van der Waals surface area contributed by atoms with Crippen LogP contribution < -0.4 is 15.4 Å². The summed E-state index contributed by atoms with van der Waals surface area (Å²) >= 11 is 13.3. The van der Waals surface area contributed by atoms with Crippen LogP contribution in [0.1, 0.15) is 76.2 Å². The zero-order chi connectivity index (χ0) is 47.8. The second kappa shape index (κ2) is 19.0. The molecule has 11 nitrogen and oxygen atoms in total. The number of hydrogen-bond acceptors (Lipinski definition) is 10. The van der Waals surface area contributed by atoms with Gasteiger partial charge in [-0.25, -0.2) is 4.98 Å². The summed E-state index contributed by atoms with van der Waals surface area (Å²) in [5.74, 6) is 4.02. The molecule has 10 rings (SSSR count). The lowest BCUT2D eigenvalue weighted by molar-refractivity contribution is -0.154. The first-order valence-corrected chi connectivity index (χ1v) is 26.1. The standard InChI is InChI=1S/C55H74Cl2N8O3/c1-10-54-48-23-33(2)51(54)63(7)42(25-35-11-12-35)28-58-47-27-41(24-36-13-18-39(56)19-14-36)62(6)52-44(32-67-9)60-50(55(47,52)53(54)66)34(3)65(48)30-38-15-20-40(57)26-46(38)68-43-21-16-37(17-22-43)45-29-59-49(64(45)8)31-61(4)5/h13-22,26,29,33-35,41-42,44,47-48,50-52,58,60H,10-12,23-25,27-28,30-32H2,1-9H3/t33-,34+,41+,42+,44-,47?,48?,50?,51?,52?,54?,55?/m1/s1. The lowest BCUT2D eigenvalue weighted by Crippen LogP contribution is -2.73. The molecule has 4 aromatic rings. The summed E-state index contributed by atoms with van der Waals surface area (Å²) in [6, 6.07) is 23.1. The molecule has 3 aromatic carbocycles. The number of piperidine rings is 1. The SMILES string of the molecule is CCC12C(=O)C34C5C[C@H](Cc6ccc(Cl)cc6)N(C)C3[C@@H](COC)NC4[C@H](C)N(Cc3ccc(Cl)cc3Oc3ccc(-c4cnc(CN(C)C)n4C)cc3)C1C[C@@H](C)C2N(C)[C@@H](CC1CC1)CN5. The van der Waals surface area contributed by atoms with Gasteiger partial charge in [0.2, 0.25) is 0 Å². The minimum absolute atomic E-state index is 0.00992. The number of carbonyl (C=O) groups excluding carboxylic acids is 1. The molecule has 366 valence electrons. The molecule has 4 saturated heterocycles. The number of nitrogens with zero attached hydrogens (tertiary/aromatic N) is 6. The van der Waals surface area contributed by atoms with Crippen LogP contribution >= 0.6 is 23.2 Å². The molecule has 2 aliphatic carbocycles. The second-order valence-electron chi connectivity index (χ2n) is 22.0. The highest BCUT2D eigenvalue weighted by Crippen LogP contribution is 2.62. The second-order valence-corrected chi connectivity index (χ2v) is 22.8. The fraction of sp³-hybridized carbons (Fsp3) is 0.600. The van der Waals surface area contributed by atoms with Gasteiger partial charge in [-0.1, -0.05) is 68.1 Å². The Bertz CT molecular complexity index is 2450. The molecule has 1 spiro atoms. The highest BCUT2D eigenvalue weighted by atomic mass is 35.5. The summed E-state index contributed by atoms with van der Waals surface area (Å²) in [6.07, 6.45) is 9.22. The third kappa shape index (κ3) is 8.17. The number of methoxy groups -OCH3 is 1. The lowest BCUT2D eigenvalue weighted by atomic mass is 9.54. The Morgan fingerprint density at radius 3 is 2.32 bits per heavy atom. The normalized spacial score (nSPS) is 34.1. The van der Waals surface area contributed by atoms with Crippen LogP contribution in [0.3, 0.4) is 0 Å². The first-order chi connectivity index (χ1) is 32.7. The molecule has 0 radical (unpaired) electrons. The van der Waals surface area contributed by atoms with Gasteiger partial charge in [-0.05, 0) is 133 Å². The Morgan fingerprint density at radius 1 is 0.912 bits per heavy atom. The summed E-state index contributed by atoms with van der Waals surface area (Å²) in [5.41, 5.74) is 3.10. The maximum absolute atomic E-state index is 17.2. The number of likely N-dealkylation sites (N-methyl/N-ethyl adjacent to an activating group) is 2. The molecule has 12 atom stereocenters. The van der Waals surface area contributed by atoms with E-state index >= 15 is 4.79 Å². The minimum Gasteiger partial charge on any atom is -0.457 e. The molecular formula is C55H74Cl2N8O3. The molecule has 4 aliphatic heterocycles. The number of imidazole rings is 1. The van der Waals surface area contributed by atoms with Crippen LogP contribution in [-0.4, -0.2) is 138 Å². The summed E-state index contributed by atoms with van der Waals surface area (Å²) in [4.78, 5) is 32.1. The molecule has 5 heterocycles. The largest absolute Gasteiger partial charge is 0.457 e. The molecule has 6 fully saturated rings. The van der Waals surface area contributed by atoms with Crippen LogP contribution in [0, 0.1) is 22.7 Å². The van der Waals surface area contributed by atoms with E-state index in [1.807, 2.05) is 49.7 Å².